The van der Waals surface area contributed by atoms with Crippen molar-refractivity contribution >= 4 is 11.3 Å². The average molecular weight is 256 g/mol. The predicted octanol–water partition coefficient (Wildman–Crippen LogP) is 3.56. The van der Waals surface area contributed by atoms with Crippen LogP contribution in [0, 0.1) is 5.41 Å². The molecule has 1 atom stereocenters. The number of hydrogen-bond donors (Lipinski definition) is 0. The molecule has 0 radical (unpaired) electrons. The Hall–Kier alpha value is -0.380. The van der Waals surface area contributed by atoms with Crippen LogP contribution in [0.15, 0.2) is 17.5 Å². The fourth-order valence-electron chi connectivity index (χ4n) is 1.64. The molecule has 1 aromatic heterocycles. The average Bonchev–Trinajstić information content (AvgIpc) is 2.60. The monoisotopic (exact) mass is 256 g/mol. The number of ether oxygens (including phenoxy) is 1. The second-order valence-corrected chi connectivity index (χ2v) is 7.63. The smallest absolute Gasteiger partial charge is 0.102 e. The summed E-state index contributed by atoms with van der Waals surface area (Å²) in [6.45, 7) is 8.57. The highest BCUT2D eigenvalue weighted by molar-refractivity contribution is 7.10. The maximum atomic E-state index is 6.12. The van der Waals surface area contributed by atoms with Crippen LogP contribution in [0.5, 0.6) is 0 Å². The highest BCUT2D eigenvalue weighted by atomic mass is 32.1. The first-order chi connectivity index (χ1) is 7.70. The molecule has 1 aromatic rings. The van der Waals surface area contributed by atoms with E-state index in [1.807, 2.05) is 0 Å². The van der Waals surface area contributed by atoms with Crippen molar-refractivity contribution in [2.75, 3.05) is 34.3 Å². The van der Waals surface area contributed by atoms with Gasteiger partial charge in [-0.2, -0.15) is 0 Å². The molecule has 0 aliphatic rings. The van der Waals surface area contributed by atoms with E-state index in [4.69, 9.17) is 4.74 Å². The molecule has 3 heteroatoms. The van der Waals surface area contributed by atoms with Crippen molar-refractivity contribution in [2.24, 2.45) is 5.41 Å². The lowest BCUT2D eigenvalue weighted by Crippen LogP contribution is -2.38. The summed E-state index contributed by atoms with van der Waals surface area (Å²) in [5.74, 6) is 0. The molecule has 0 aliphatic heterocycles. The van der Waals surface area contributed by atoms with Gasteiger partial charge < -0.3 is 9.22 Å². The standard InChI is InChI=1S/C14H26NOS/c1-14(2,3)13(12-8-7-11-17-12)16-10-9-15(4,5)6/h7-8,11,13H,9-10H2,1-6H3/q+1. The fourth-order valence-corrected chi connectivity index (χ4v) is 2.66. The second kappa shape index (κ2) is 5.51. The Kier molecular flexibility index (Phi) is 4.76. The van der Waals surface area contributed by atoms with E-state index in [9.17, 15) is 0 Å². The highest BCUT2D eigenvalue weighted by Crippen LogP contribution is 2.38. The summed E-state index contributed by atoms with van der Waals surface area (Å²) in [5, 5.41) is 2.12. The Bertz CT molecular complexity index is 319. The van der Waals surface area contributed by atoms with Crippen molar-refractivity contribution in [3.05, 3.63) is 22.4 Å². The molecule has 98 valence electrons. The molecule has 0 aromatic carbocycles. The molecule has 1 unspecified atom stereocenters. The fraction of sp³-hybridized carbons (Fsp3) is 0.714. The number of likely N-dealkylation sites (N-methyl/N-ethyl adjacent to an activating group) is 1. The lowest BCUT2D eigenvalue weighted by molar-refractivity contribution is -0.870. The summed E-state index contributed by atoms with van der Waals surface area (Å²) in [5.41, 5.74) is 0.149. The minimum atomic E-state index is 0.149. The molecule has 0 saturated carbocycles. The van der Waals surface area contributed by atoms with Crippen LogP contribution in [0.4, 0.5) is 0 Å². The number of rotatable bonds is 5. The van der Waals surface area contributed by atoms with E-state index in [1.165, 1.54) is 4.88 Å². The van der Waals surface area contributed by atoms with Crippen molar-refractivity contribution in [3.63, 3.8) is 0 Å². The van der Waals surface area contributed by atoms with E-state index in [2.05, 4.69) is 59.4 Å². The van der Waals surface area contributed by atoms with Crippen LogP contribution in [-0.2, 0) is 4.74 Å². The molecular formula is C14H26NOS+. The van der Waals surface area contributed by atoms with Gasteiger partial charge in [0.15, 0.2) is 0 Å². The minimum Gasteiger partial charge on any atom is -0.366 e. The van der Waals surface area contributed by atoms with Gasteiger partial charge in [0, 0.05) is 4.88 Å². The third-order valence-electron chi connectivity index (χ3n) is 2.63. The molecule has 0 N–H and O–H groups in total. The van der Waals surface area contributed by atoms with Crippen LogP contribution in [0.1, 0.15) is 31.8 Å². The first-order valence-electron chi connectivity index (χ1n) is 6.15. The van der Waals surface area contributed by atoms with Crippen LogP contribution in [0.3, 0.4) is 0 Å². The zero-order valence-electron chi connectivity index (χ0n) is 12.0. The molecule has 0 fully saturated rings. The number of thiophene rings is 1. The summed E-state index contributed by atoms with van der Waals surface area (Å²) in [6, 6.07) is 4.27. The van der Waals surface area contributed by atoms with Gasteiger partial charge in [-0.1, -0.05) is 26.8 Å². The van der Waals surface area contributed by atoms with Gasteiger partial charge in [-0.3, -0.25) is 0 Å². The molecular weight excluding hydrogens is 230 g/mol. The summed E-state index contributed by atoms with van der Waals surface area (Å²) >= 11 is 1.79. The molecule has 1 heterocycles. The maximum absolute atomic E-state index is 6.12. The van der Waals surface area contributed by atoms with Crippen molar-refractivity contribution < 1.29 is 9.22 Å². The Morgan fingerprint density at radius 2 is 1.94 bits per heavy atom. The molecule has 0 spiro atoms. The molecule has 0 saturated heterocycles. The van der Waals surface area contributed by atoms with Gasteiger partial charge in [0.25, 0.3) is 0 Å². The highest BCUT2D eigenvalue weighted by Gasteiger charge is 2.28. The Labute approximate surface area is 110 Å². The van der Waals surface area contributed by atoms with Crippen LogP contribution in [0.25, 0.3) is 0 Å². The Balaban J connectivity index is 2.61. The van der Waals surface area contributed by atoms with E-state index in [-0.39, 0.29) is 11.5 Å². The third-order valence-corrected chi connectivity index (χ3v) is 3.55. The summed E-state index contributed by atoms with van der Waals surface area (Å²) in [7, 11) is 6.59. The largest absolute Gasteiger partial charge is 0.366 e. The topological polar surface area (TPSA) is 9.23 Å². The van der Waals surface area contributed by atoms with Crippen LogP contribution in [-0.4, -0.2) is 38.8 Å². The van der Waals surface area contributed by atoms with Gasteiger partial charge in [-0.05, 0) is 16.9 Å². The molecule has 17 heavy (non-hydrogen) atoms. The van der Waals surface area contributed by atoms with E-state index in [0.717, 1.165) is 17.6 Å². The van der Waals surface area contributed by atoms with Crippen molar-refractivity contribution in [3.8, 4) is 0 Å². The summed E-state index contributed by atoms with van der Waals surface area (Å²) < 4.78 is 7.07. The van der Waals surface area contributed by atoms with E-state index >= 15 is 0 Å². The van der Waals surface area contributed by atoms with E-state index in [1.54, 1.807) is 11.3 Å². The van der Waals surface area contributed by atoms with Crippen molar-refractivity contribution in [1.29, 1.82) is 0 Å². The second-order valence-electron chi connectivity index (χ2n) is 6.65. The first kappa shape index (κ1) is 14.7. The number of hydrogen-bond acceptors (Lipinski definition) is 2. The normalized spacial score (nSPS) is 14.9. The lowest BCUT2D eigenvalue weighted by Gasteiger charge is -2.31. The van der Waals surface area contributed by atoms with E-state index in [0.29, 0.717) is 0 Å². The molecule has 0 bridgehead atoms. The molecule has 2 nitrogen and oxygen atoms in total. The zero-order chi connectivity index (χ0) is 13.1. The molecule has 0 aliphatic carbocycles. The van der Waals surface area contributed by atoms with Gasteiger partial charge in [-0.25, -0.2) is 0 Å². The number of nitrogens with zero attached hydrogens (tertiary/aromatic N) is 1. The van der Waals surface area contributed by atoms with Gasteiger partial charge in [-0.15, -0.1) is 11.3 Å². The van der Waals surface area contributed by atoms with Crippen LogP contribution >= 0.6 is 11.3 Å². The van der Waals surface area contributed by atoms with Crippen LogP contribution < -0.4 is 0 Å². The Morgan fingerprint density at radius 3 is 2.35 bits per heavy atom. The summed E-state index contributed by atoms with van der Waals surface area (Å²) in [4.78, 5) is 1.33. The van der Waals surface area contributed by atoms with E-state index < -0.39 is 0 Å². The predicted molar refractivity (Wildman–Crippen MR) is 75.4 cm³/mol. The number of quaternary nitrogens is 1. The Morgan fingerprint density at radius 1 is 1.29 bits per heavy atom. The third kappa shape index (κ3) is 5.19. The van der Waals surface area contributed by atoms with Crippen LogP contribution in [0.2, 0.25) is 0 Å². The first-order valence-corrected chi connectivity index (χ1v) is 7.03. The molecule has 0 amide bonds. The molecule has 1 rings (SSSR count). The van der Waals surface area contributed by atoms with Crippen molar-refractivity contribution in [2.45, 2.75) is 26.9 Å². The van der Waals surface area contributed by atoms with Gasteiger partial charge in [0.2, 0.25) is 0 Å². The quantitative estimate of drug-likeness (QED) is 0.732. The van der Waals surface area contributed by atoms with Gasteiger partial charge in [0.1, 0.15) is 6.54 Å². The maximum Gasteiger partial charge on any atom is 0.102 e. The zero-order valence-corrected chi connectivity index (χ0v) is 12.8. The van der Waals surface area contributed by atoms with Gasteiger partial charge in [0.05, 0.1) is 33.9 Å². The lowest BCUT2D eigenvalue weighted by atomic mass is 9.88. The van der Waals surface area contributed by atoms with Gasteiger partial charge >= 0.3 is 0 Å². The van der Waals surface area contributed by atoms with Crippen molar-refractivity contribution in [1.82, 2.24) is 0 Å². The SMILES string of the molecule is CC(C)(C)C(OCC[N+](C)(C)C)c1cccs1. The minimum absolute atomic E-state index is 0.149. The summed E-state index contributed by atoms with van der Waals surface area (Å²) in [6.07, 6.45) is 0.203.